The molecule has 0 atom stereocenters. The summed E-state index contributed by atoms with van der Waals surface area (Å²) in [6, 6.07) is 64.7. The van der Waals surface area contributed by atoms with E-state index >= 15 is 0 Å². The molecule has 6 aliphatic rings. The van der Waals surface area contributed by atoms with E-state index in [9.17, 15) is 0 Å². The maximum absolute atomic E-state index is 2.72. The number of rotatable bonds is 3. The highest BCUT2D eigenvalue weighted by Gasteiger charge is 2.58. The molecule has 0 fully saturated rings. The van der Waals surface area contributed by atoms with Crippen LogP contribution >= 0.6 is 0 Å². The third-order valence-electron chi connectivity index (χ3n) is 16.5. The lowest BCUT2D eigenvalue weighted by Gasteiger charge is -2.56. The summed E-state index contributed by atoms with van der Waals surface area (Å²) < 4.78 is 0. The lowest BCUT2D eigenvalue weighted by molar-refractivity contribution is 1.23. The van der Waals surface area contributed by atoms with Crippen LogP contribution in [0.25, 0.3) is 22.3 Å². The van der Waals surface area contributed by atoms with Crippen molar-refractivity contribution in [2.45, 2.75) is 0 Å². The molecular weight excluding hydrogens is 791 g/mol. The number of hydrogen-bond donors (Lipinski definition) is 0. The molecule has 0 spiro atoms. The molecule has 0 radical (unpaired) electrons. The van der Waals surface area contributed by atoms with E-state index < -0.39 is 0 Å². The SMILES string of the molecule is Bc1c(B)c(B)c(-c2cc3c4c(c2)N(c2ccccc2)B2c5ccccc5N5c6ccccc6B6c7ccccc7N7c8ccccc8B(c8c-4c2c5c6c87)N3c2ccccc2)c(B)c1B. The van der Waals surface area contributed by atoms with Gasteiger partial charge in [-0.05, 0) is 116 Å². The average Bonchev–Trinajstić information content (AvgIpc) is 3.37. The fourth-order valence-electron chi connectivity index (χ4n) is 13.5. The largest absolute Gasteiger partial charge is 0.376 e. The molecular formula is C54H38B8N4. The lowest BCUT2D eigenvalue weighted by Crippen LogP contribution is -2.74. The molecule has 0 unspecified atom stereocenters. The van der Waals surface area contributed by atoms with Gasteiger partial charge in [-0.15, -0.1) is 16.4 Å². The Balaban J connectivity index is 1.20. The first-order valence-electron chi connectivity index (χ1n) is 23.6. The molecule has 6 aliphatic heterocycles. The van der Waals surface area contributed by atoms with E-state index in [1.165, 1.54) is 145 Å². The Bertz CT molecular complexity index is 3450. The highest BCUT2D eigenvalue weighted by molar-refractivity contribution is 7.05. The molecule has 0 saturated carbocycles. The van der Waals surface area contributed by atoms with Crippen molar-refractivity contribution in [3.63, 3.8) is 0 Å². The van der Waals surface area contributed by atoms with Crippen LogP contribution in [0.3, 0.4) is 0 Å². The van der Waals surface area contributed by atoms with Crippen LogP contribution in [0.4, 0.5) is 56.9 Å². The first-order chi connectivity index (χ1) is 32.4. The topological polar surface area (TPSA) is 13.0 Å². The summed E-state index contributed by atoms with van der Waals surface area (Å²) in [4.78, 5) is 10.8. The lowest BCUT2D eigenvalue weighted by atomic mass is 9.28. The van der Waals surface area contributed by atoms with E-state index in [1.807, 2.05) is 0 Å². The van der Waals surface area contributed by atoms with Gasteiger partial charge in [-0.25, -0.2) is 0 Å². The zero-order valence-corrected chi connectivity index (χ0v) is 37.7. The quantitative estimate of drug-likeness (QED) is 0.224. The highest BCUT2D eigenvalue weighted by Crippen LogP contribution is 2.56. The van der Waals surface area contributed by atoms with Gasteiger partial charge in [0.15, 0.2) is 0 Å². The minimum absolute atomic E-state index is 0.0489. The van der Waals surface area contributed by atoms with Crippen molar-refractivity contribution < 1.29 is 0 Å². The van der Waals surface area contributed by atoms with E-state index in [4.69, 9.17) is 0 Å². The first-order valence-corrected chi connectivity index (χ1v) is 23.6. The van der Waals surface area contributed by atoms with Crippen LogP contribution in [-0.4, -0.2) is 59.6 Å². The van der Waals surface area contributed by atoms with E-state index in [-0.39, 0.29) is 20.4 Å². The molecule has 0 N–H and O–H groups in total. The molecule has 0 amide bonds. The van der Waals surface area contributed by atoms with Crippen molar-refractivity contribution >= 4 is 182 Å². The Hall–Kier alpha value is -7.30. The monoisotopic (exact) mass is 830 g/mol. The van der Waals surface area contributed by atoms with E-state index in [1.54, 1.807) is 0 Å². The molecule has 0 saturated heterocycles. The summed E-state index contributed by atoms with van der Waals surface area (Å²) >= 11 is 0. The maximum atomic E-state index is 2.72. The van der Waals surface area contributed by atoms with Gasteiger partial charge in [0.2, 0.25) is 0 Å². The van der Waals surface area contributed by atoms with Crippen LogP contribution < -0.4 is 85.0 Å². The number of hydrogen-bond acceptors (Lipinski definition) is 4. The molecule has 4 nitrogen and oxygen atoms in total. The molecule has 9 aromatic rings. The van der Waals surface area contributed by atoms with Crippen LogP contribution in [0.5, 0.6) is 0 Å². The normalized spacial score (nSPS) is 14.5. The van der Waals surface area contributed by atoms with Gasteiger partial charge in [-0.2, -0.15) is 0 Å². The van der Waals surface area contributed by atoms with Crippen LogP contribution in [-0.2, 0) is 0 Å². The molecule has 12 heteroatoms. The second-order valence-electron chi connectivity index (χ2n) is 19.3. The van der Waals surface area contributed by atoms with Crippen molar-refractivity contribution in [2.24, 2.45) is 0 Å². The minimum Gasteiger partial charge on any atom is -0.376 e. The van der Waals surface area contributed by atoms with E-state index in [2.05, 4.69) is 229 Å². The Morgan fingerprint density at radius 3 is 1.12 bits per heavy atom. The third kappa shape index (κ3) is 4.37. The molecule has 0 aliphatic carbocycles. The van der Waals surface area contributed by atoms with Gasteiger partial charge < -0.3 is 19.4 Å². The summed E-state index contributed by atoms with van der Waals surface area (Å²) in [5.74, 6) is 0. The van der Waals surface area contributed by atoms with E-state index in [0.29, 0.717) is 0 Å². The Morgan fingerprint density at radius 2 is 0.682 bits per heavy atom. The van der Waals surface area contributed by atoms with Gasteiger partial charge >= 0.3 is 13.7 Å². The zero-order valence-electron chi connectivity index (χ0n) is 37.7. The Kier molecular flexibility index (Phi) is 7.25. The number of para-hydroxylation sites is 6. The first kappa shape index (κ1) is 37.0. The summed E-state index contributed by atoms with van der Waals surface area (Å²) in [5.41, 5.74) is 34.4. The molecule has 0 bridgehead atoms. The average molecular weight is 829 g/mol. The third-order valence-corrected chi connectivity index (χ3v) is 16.5. The van der Waals surface area contributed by atoms with Gasteiger partial charge in [0.05, 0.1) is 0 Å². The smallest absolute Gasteiger partial charge is 0.333 e. The molecule has 6 heterocycles. The Labute approximate surface area is 391 Å². The summed E-state index contributed by atoms with van der Waals surface area (Å²) in [6.45, 7) is -0.139. The van der Waals surface area contributed by atoms with Crippen LogP contribution in [0.15, 0.2) is 170 Å². The van der Waals surface area contributed by atoms with Gasteiger partial charge in [0.1, 0.15) is 39.2 Å². The molecule has 0 aromatic heterocycles. The molecule has 298 valence electrons. The van der Waals surface area contributed by atoms with Gasteiger partial charge in [0.25, 0.3) is 6.71 Å². The molecule has 66 heavy (non-hydrogen) atoms. The predicted molar refractivity (Wildman–Crippen MR) is 299 cm³/mol. The van der Waals surface area contributed by atoms with Crippen molar-refractivity contribution in [1.29, 1.82) is 0 Å². The zero-order chi connectivity index (χ0) is 43.9. The standard InChI is InChI=1S/C54H38B8N4/c55-45-42(46(56)48(58)49(59)47(45)57)29-27-40-43-41(28-29)66(31-17-5-2-6-18-31)62-35-22-10-14-26-39(35)64-37-24-12-8-20-33(37)60-32-19-7-11-23-36(32)63-38-25-13-9-21-34(38)61(65(40)30-15-3-1-4-16-30)50-44(43)51(62)54(64)52(60)53(50)63/h1-28H,55-59H2. The van der Waals surface area contributed by atoms with Crippen molar-refractivity contribution in [3.05, 3.63) is 170 Å². The van der Waals surface area contributed by atoms with Gasteiger partial charge in [-0.1, -0.05) is 120 Å². The fraction of sp³-hybridized carbons (Fsp3) is 0. The van der Waals surface area contributed by atoms with Crippen molar-refractivity contribution in [3.8, 4) is 22.3 Å². The summed E-state index contributed by atoms with van der Waals surface area (Å²) in [5, 5.41) is 0. The van der Waals surface area contributed by atoms with Crippen LogP contribution in [0, 0.1) is 0 Å². The second kappa shape index (κ2) is 12.9. The number of fused-ring (bicyclic) bond motifs is 12. The van der Waals surface area contributed by atoms with Gasteiger partial charge in [0, 0.05) is 62.4 Å². The second-order valence-corrected chi connectivity index (χ2v) is 19.3. The fourth-order valence-corrected chi connectivity index (χ4v) is 13.5. The maximum Gasteiger partial charge on any atom is 0.333 e. The molecule has 9 aromatic carbocycles. The van der Waals surface area contributed by atoms with E-state index in [0.717, 1.165) is 0 Å². The number of nitrogens with zero attached hydrogens (tertiary/aromatic N) is 4. The summed E-state index contributed by atoms with van der Waals surface area (Å²) in [7, 11) is 11.6. The Morgan fingerprint density at radius 1 is 0.318 bits per heavy atom. The number of anilines is 10. The van der Waals surface area contributed by atoms with Crippen LogP contribution in [0.1, 0.15) is 0 Å². The van der Waals surface area contributed by atoms with Crippen molar-refractivity contribution in [2.75, 3.05) is 19.4 Å². The van der Waals surface area contributed by atoms with Gasteiger partial charge in [-0.3, -0.25) is 0 Å². The number of benzene rings is 9. The molecule has 15 rings (SSSR count). The predicted octanol–water partition coefficient (Wildman–Crippen LogP) is -0.463. The highest BCUT2D eigenvalue weighted by atomic mass is 15.2. The summed E-state index contributed by atoms with van der Waals surface area (Å²) in [6.07, 6.45) is 0. The minimum atomic E-state index is -0.0942. The van der Waals surface area contributed by atoms with Crippen LogP contribution in [0.2, 0.25) is 0 Å². The van der Waals surface area contributed by atoms with Crippen molar-refractivity contribution in [1.82, 2.24) is 0 Å².